The van der Waals surface area contributed by atoms with E-state index in [4.69, 9.17) is 0 Å². The topological polar surface area (TPSA) is 20.2 Å². The van der Waals surface area contributed by atoms with Crippen LogP contribution >= 0.6 is 0 Å². The van der Waals surface area contributed by atoms with Gasteiger partial charge < -0.3 is 5.11 Å². The van der Waals surface area contributed by atoms with Crippen LogP contribution in [0.2, 0.25) is 0 Å². The summed E-state index contributed by atoms with van der Waals surface area (Å²) in [4.78, 5) is 0. The van der Waals surface area contributed by atoms with Crippen LogP contribution in [0.15, 0.2) is 24.3 Å². The van der Waals surface area contributed by atoms with Crippen molar-refractivity contribution in [2.24, 2.45) is 11.8 Å². The maximum atomic E-state index is 9.96. The summed E-state index contributed by atoms with van der Waals surface area (Å²) in [5.41, 5.74) is 2.37. The van der Waals surface area contributed by atoms with Crippen molar-refractivity contribution in [2.75, 3.05) is 0 Å². The molecule has 0 bridgehead atoms. The number of aliphatic hydroxyl groups is 1. The van der Waals surface area contributed by atoms with E-state index in [1.54, 1.807) is 0 Å². The molecule has 0 saturated heterocycles. The normalized spacial score (nSPS) is 13.5. The molecule has 0 heterocycles. The van der Waals surface area contributed by atoms with Gasteiger partial charge in [0.2, 0.25) is 0 Å². The Morgan fingerprint density at radius 2 is 1.80 bits per heavy atom. The van der Waals surface area contributed by atoms with Gasteiger partial charge in [0.05, 0.1) is 6.10 Å². The van der Waals surface area contributed by atoms with E-state index in [1.807, 2.05) is 26.0 Å². The fraction of sp³-hybridized carbons (Fsp3) is 0.571. The Balaban J connectivity index is 2.82. The molecule has 0 aromatic heterocycles. The van der Waals surface area contributed by atoms with Gasteiger partial charge in [-0.15, -0.1) is 0 Å². The molecule has 15 heavy (non-hydrogen) atoms. The molecule has 1 aromatic carbocycles. The summed E-state index contributed by atoms with van der Waals surface area (Å²) >= 11 is 0. The number of hydrogen-bond donors (Lipinski definition) is 1. The second kappa shape index (κ2) is 5.32. The summed E-state index contributed by atoms with van der Waals surface area (Å²) < 4.78 is 0. The first kappa shape index (κ1) is 12.3. The first-order valence-corrected chi connectivity index (χ1v) is 5.77. The number of benzene rings is 1. The predicted octanol–water partition coefficient (Wildman–Crippen LogP) is 3.57. The van der Waals surface area contributed by atoms with Gasteiger partial charge in [0.15, 0.2) is 0 Å². The SMILES string of the molecule is CC(C)Cc1cccc(C(O)C(C)C)c1. The van der Waals surface area contributed by atoms with Crippen molar-refractivity contribution in [3.8, 4) is 0 Å². The molecule has 0 spiro atoms. The molecule has 1 N–H and O–H groups in total. The summed E-state index contributed by atoms with van der Waals surface area (Å²) in [6.45, 7) is 8.51. The van der Waals surface area contributed by atoms with Gasteiger partial charge in [0.25, 0.3) is 0 Å². The zero-order chi connectivity index (χ0) is 11.4. The first-order chi connectivity index (χ1) is 7.00. The predicted molar refractivity (Wildman–Crippen MR) is 64.8 cm³/mol. The van der Waals surface area contributed by atoms with Crippen molar-refractivity contribution < 1.29 is 5.11 Å². The lowest BCUT2D eigenvalue weighted by atomic mass is 9.95. The fourth-order valence-corrected chi connectivity index (χ4v) is 1.76. The van der Waals surface area contributed by atoms with Gasteiger partial charge in [0, 0.05) is 0 Å². The molecule has 1 heteroatoms. The summed E-state index contributed by atoms with van der Waals surface area (Å²) in [6.07, 6.45) is 0.746. The molecular weight excluding hydrogens is 184 g/mol. The molecule has 1 rings (SSSR count). The van der Waals surface area contributed by atoms with Crippen LogP contribution in [0.5, 0.6) is 0 Å². The average molecular weight is 206 g/mol. The van der Waals surface area contributed by atoms with Crippen LogP contribution < -0.4 is 0 Å². The summed E-state index contributed by atoms with van der Waals surface area (Å²) in [6, 6.07) is 8.31. The minimum Gasteiger partial charge on any atom is -0.388 e. The van der Waals surface area contributed by atoms with Gasteiger partial charge in [-0.3, -0.25) is 0 Å². The van der Waals surface area contributed by atoms with E-state index in [9.17, 15) is 5.11 Å². The number of aliphatic hydroxyl groups excluding tert-OH is 1. The van der Waals surface area contributed by atoms with Gasteiger partial charge in [-0.25, -0.2) is 0 Å². The highest BCUT2D eigenvalue weighted by Crippen LogP contribution is 2.22. The van der Waals surface area contributed by atoms with E-state index in [2.05, 4.69) is 26.0 Å². The summed E-state index contributed by atoms with van der Waals surface area (Å²) in [5.74, 6) is 0.941. The molecule has 1 atom stereocenters. The Labute approximate surface area is 93.1 Å². The highest BCUT2D eigenvalue weighted by molar-refractivity contribution is 5.25. The lowest BCUT2D eigenvalue weighted by Crippen LogP contribution is -2.06. The standard InChI is InChI=1S/C14H22O/c1-10(2)8-12-6-5-7-13(9-12)14(15)11(3)4/h5-7,9-11,14-15H,8H2,1-4H3. The molecule has 0 aliphatic carbocycles. The molecular formula is C14H22O. The maximum absolute atomic E-state index is 9.96. The van der Waals surface area contributed by atoms with Crippen molar-refractivity contribution in [3.63, 3.8) is 0 Å². The monoisotopic (exact) mass is 206 g/mol. The first-order valence-electron chi connectivity index (χ1n) is 5.77. The largest absolute Gasteiger partial charge is 0.388 e. The molecule has 1 unspecified atom stereocenters. The van der Waals surface area contributed by atoms with Gasteiger partial charge in [0.1, 0.15) is 0 Å². The zero-order valence-corrected chi connectivity index (χ0v) is 10.2. The van der Waals surface area contributed by atoms with E-state index >= 15 is 0 Å². The highest BCUT2D eigenvalue weighted by atomic mass is 16.3. The van der Waals surface area contributed by atoms with Crippen molar-refractivity contribution in [1.29, 1.82) is 0 Å². The Morgan fingerprint density at radius 3 is 2.33 bits per heavy atom. The minimum atomic E-state index is -0.336. The number of hydrogen-bond acceptors (Lipinski definition) is 1. The average Bonchev–Trinajstić information content (AvgIpc) is 2.16. The van der Waals surface area contributed by atoms with Crippen LogP contribution in [0, 0.1) is 11.8 Å². The van der Waals surface area contributed by atoms with E-state index in [0.29, 0.717) is 5.92 Å². The Kier molecular flexibility index (Phi) is 4.34. The van der Waals surface area contributed by atoms with Crippen LogP contribution in [-0.2, 0) is 6.42 Å². The van der Waals surface area contributed by atoms with Crippen LogP contribution in [0.3, 0.4) is 0 Å². The maximum Gasteiger partial charge on any atom is 0.0813 e. The lowest BCUT2D eigenvalue weighted by Gasteiger charge is -2.16. The van der Waals surface area contributed by atoms with Gasteiger partial charge in [-0.1, -0.05) is 52.0 Å². The van der Waals surface area contributed by atoms with Crippen molar-refractivity contribution in [3.05, 3.63) is 35.4 Å². The van der Waals surface area contributed by atoms with Crippen molar-refractivity contribution >= 4 is 0 Å². The van der Waals surface area contributed by atoms with Crippen LogP contribution in [0.4, 0.5) is 0 Å². The molecule has 1 aromatic rings. The van der Waals surface area contributed by atoms with E-state index in [1.165, 1.54) is 5.56 Å². The van der Waals surface area contributed by atoms with Crippen molar-refractivity contribution in [1.82, 2.24) is 0 Å². The Hall–Kier alpha value is -0.820. The third-order valence-electron chi connectivity index (χ3n) is 2.57. The number of rotatable bonds is 4. The lowest BCUT2D eigenvalue weighted by molar-refractivity contribution is 0.127. The van der Waals surface area contributed by atoms with Crippen LogP contribution in [0.1, 0.15) is 44.9 Å². The van der Waals surface area contributed by atoms with Crippen LogP contribution in [0.25, 0.3) is 0 Å². The summed E-state index contributed by atoms with van der Waals surface area (Å²) in [7, 11) is 0. The second-order valence-electron chi connectivity index (χ2n) is 5.03. The zero-order valence-electron chi connectivity index (χ0n) is 10.2. The molecule has 84 valence electrons. The third-order valence-corrected chi connectivity index (χ3v) is 2.57. The molecule has 0 radical (unpaired) electrons. The van der Waals surface area contributed by atoms with E-state index in [0.717, 1.165) is 12.0 Å². The molecule has 0 aliphatic heterocycles. The van der Waals surface area contributed by atoms with Crippen molar-refractivity contribution in [2.45, 2.75) is 40.2 Å². The van der Waals surface area contributed by atoms with Crippen LogP contribution in [-0.4, -0.2) is 5.11 Å². The molecule has 0 saturated carbocycles. The van der Waals surface area contributed by atoms with Gasteiger partial charge in [-0.05, 0) is 29.4 Å². The fourth-order valence-electron chi connectivity index (χ4n) is 1.76. The molecule has 1 nitrogen and oxygen atoms in total. The molecule has 0 amide bonds. The highest BCUT2D eigenvalue weighted by Gasteiger charge is 2.12. The van der Waals surface area contributed by atoms with E-state index < -0.39 is 0 Å². The Bertz CT molecular complexity index is 302. The summed E-state index contributed by atoms with van der Waals surface area (Å²) in [5, 5.41) is 9.96. The Morgan fingerprint density at radius 1 is 1.13 bits per heavy atom. The molecule has 0 aliphatic rings. The minimum absolute atomic E-state index is 0.277. The van der Waals surface area contributed by atoms with Gasteiger partial charge in [-0.2, -0.15) is 0 Å². The second-order valence-corrected chi connectivity index (χ2v) is 5.03. The van der Waals surface area contributed by atoms with E-state index in [-0.39, 0.29) is 12.0 Å². The third kappa shape index (κ3) is 3.67. The quantitative estimate of drug-likeness (QED) is 0.798. The smallest absolute Gasteiger partial charge is 0.0813 e. The molecule has 0 fully saturated rings. The van der Waals surface area contributed by atoms with Gasteiger partial charge >= 0.3 is 0 Å².